The molecule has 1 aromatic carbocycles. The molecule has 1 N–H and O–H groups in total. The van der Waals surface area contributed by atoms with Crippen molar-refractivity contribution in [1.82, 2.24) is 9.13 Å². The van der Waals surface area contributed by atoms with Gasteiger partial charge < -0.3 is 5.11 Å². The molecule has 0 saturated heterocycles. The van der Waals surface area contributed by atoms with Crippen LogP contribution in [0.15, 0.2) is 23.0 Å². The molecule has 74 valence electrons. The van der Waals surface area contributed by atoms with Crippen LogP contribution < -0.4 is 5.69 Å². The van der Waals surface area contributed by atoms with Crippen LogP contribution in [0.3, 0.4) is 0 Å². The summed E-state index contributed by atoms with van der Waals surface area (Å²) in [5, 5.41) is 8.97. The number of hydrogen-bond acceptors (Lipinski definition) is 2. The topological polar surface area (TPSA) is 47.2 Å². The quantitative estimate of drug-likeness (QED) is 0.709. The molecule has 1 heterocycles. The number of aromatic nitrogens is 2. The van der Waals surface area contributed by atoms with E-state index in [1.165, 1.54) is 0 Å². The van der Waals surface area contributed by atoms with Gasteiger partial charge in [0.25, 0.3) is 0 Å². The Labute approximate surface area is 81.0 Å². The molecule has 0 aliphatic rings. The van der Waals surface area contributed by atoms with Gasteiger partial charge in [-0.25, -0.2) is 4.79 Å². The first-order valence-corrected chi connectivity index (χ1v) is 4.40. The van der Waals surface area contributed by atoms with E-state index in [0.29, 0.717) is 0 Å². The normalized spacial score (nSPS) is 11.1. The van der Waals surface area contributed by atoms with Gasteiger partial charge in [0.2, 0.25) is 0 Å². The van der Waals surface area contributed by atoms with Gasteiger partial charge in [-0.1, -0.05) is 6.07 Å². The van der Waals surface area contributed by atoms with Gasteiger partial charge in [0.15, 0.2) is 0 Å². The van der Waals surface area contributed by atoms with Crippen molar-refractivity contribution in [2.24, 2.45) is 14.1 Å². The summed E-state index contributed by atoms with van der Waals surface area (Å²) >= 11 is 0. The molecule has 0 fully saturated rings. The van der Waals surface area contributed by atoms with Crippen molar-refractivity contribution in [3.63, 3.8) is 0 Å². The van der Waals surface area contributed by atoms with Crippen molar-refractivity contribution in [3.8, 4) is 0 Å². The Balaban J connectivity index is 2.89. The van der Waals surface area contributed by atoms with E-state index in [4.69, 9.17) is 5.11 Å². The fourth-order valence-corrected chi connectivity index (χ4v) is 1.65. The number of aliphatic hydroxyl groups is 1. The smallest absolute Gasteiger partial charge is 0.328 e. The van der Waals surface area contributed by atoms with Crippen LogP contribution >= 0.6 is 0 Å². The molecule has 2 rings (SSSR count). The molecule has 0 bridgehead atoms. The van der Waals surface area contributed by atoms with E-state index in [1.807, 2.05) is 18.2 Å². The molecule has 0 spiro atoms. The summed E-state index contributed by atoms with van der Waals surface area (Å²) in [5.41, 5.74) is 2.51. The van der Waals surface area contributed by atoms with E-state index in [9.17, 15) is 4.79 Å². The Morgan fingerprint density at radius 2 is 1.86 bits per heavy atom. The van der Waals surface area contributed by atoms with Gasteiger partial charge in [-0.3, -0.25) is 9.13 Å². The second-order valence-electron chi connectivity index (χ2n) is 3.38. The maximum Gasteiger partial charge on any atom is 0.328 e. The minimum atomic E-state index is -0.0462. The predicted molar refractivity (Wildman–Crippen MR) is 54.1 cm³/mol. The van der Waals surface area contributed by atoms with Crippen molar-refractivity contribution >= 4 is 11.0 Å². The van der Waals surface area contributed by atoms with Gasteiger partial charge in [0.05, 0.1) is 17.6 Å². The number of aliphatic hydroxyl groups excluding tert-OH is 1. The summed E-state index contributed by atoms with van der Waals surface area (Å²) < 4.78 is 3.17. The number of nitrogens with zero attached hydrogens (tertiary/aromatic N) is 2. The second-order valence-corrected chi connectivity index (χ2v) is 3.38. The third-order valence-corrected chi connectivity index (χ3v) is 2.52. The number of rotatable bonds is 1. The van der Waals surface area contributed by atoms with E-state index in [-0.39, 0.29) is 12.3 Å². The summed E-state index contributed by atoms with van der Waals surface area (Å²) in [6.45, 7) is -0.000967. The zero-order chi connectivity index (χ0) is 10.3. The molecule has 4 heteroatoms. The Morgan fingerprint density at radius 1 is 1.21 bits per heavy atom. The molecule has 0 aliphatic heterocycles. The summed E-state index contributed by atoms with van der Waals surface area (Å²) in [6.07, 6.45) is 0. The average Bonchev–Trinajstić information content (AvgIpc) is 2.44. The van der Waals surface area contributed by atoms with Crippen molar-refractivity contribution in [3.05, 3.63) is 34.2 Å². The van der Waals surface area contributed by atoms with Crippen LogP contribution in [0.25, 0.3) is 11.0 Å². The van der Waals surface area contributed by atoms with E-state index in [2.05, 4.69) is 0 Å². The lowest BCUT2D eigenvalue weighted by Crippen LogP contribution is -2.19. The Hall–Kier alpha value is -1.55. The van der Waals surface area contributed by atoms with Crippen LogP contribution in [-0.4, -0.2) is 14.2 Å². The number of hydrogen-bond donors (Lipinski definition) is 1. The first-order valence-electron chi connectivity index (χ1n) is 4.40. The highest BCUT2D eigenvalue weighted by Gasteiger charge is 2.07. The van der Waals surface area contributed by atoms with Gasteiger partial charge in [0, 0.05) is 14.1 Å². The summed E-state index contributed by atoms with van der Waals surface area (Å²) in [4.78, 5) is 11.6. The van der Waals surface area contributed by atoms with E-state index >= 15 is 0 Å². The summed E-state index contributed by atoms with van der Waals surface area (Å²) in [6, 6.07) is 5.50. The molecular formula is C10H12N2O2. The number of aryl methyl sites for hydroxylation is 2. The fourth-order valence-electron chi connectivity index (χ4n) is 1.65. The largest absolute Gasteiger partial charge is 0.392 e. The lowest BCUT2D eigenvalue weighted by atomic mass is 10.2. The first kappa shape index (κ1) is 9.02. The van der Waals surface area contributed by atoms with Crippen LogP contribution in [0.5, 0.6) is 0 Å². The van der Waals surface area contributed by atoms with Crippen LogP contribution in [0.1, 0.15) is 5.56 Å². The highest BCUT2D eigenvalue weighted by Crippen LogP contribution is 2.13. The molecule has 14 heavy (non-hydrogen) atoms. The minimum Gasteiger partial charge on any atom is -0.392 e. The molecule has 4 nitrogen and oxygen atoms in total. The van der Waals surface area contributed by atoms with Crippen molar-refractivity contribution in [2.75, 3.05) is 0 Å². The average molecular weight is 192 g/mol. The zero-order valence-electron chi connectivity index (χ0n) is 8.19. The number of fused-ring (bicyclic) bond motifs is 1. The monoisotopic (exact) mass is 192 g/mol. The predicted octanol–water partition coefficient (Wildman–Crippen LogP) is 0.369. The molecule has 0 radical (unpaired) electrons. The SMILES string of the molecule is Cn1c(=O)n(C)c2cc(CO)ccc21. The zero-order valence-corrected chi connectivity index (χ0v) is 8.19. The standard InChI is InChI=1S/C10H12N2O2/c1-11-8-4-3-7(6-13)5-9(8)12(2)10(11)14/h3-5,13H,6H2,1-2H3. The van der Waals surface area contributed by atoms with Gasteiger partial charge in [-0.15, -0.1) is 0 Å². The molecule has 0 saturated carbocycles. The van der Waals surface area contributed by atoms with Gasteiger partial charge in [-0.2, -0.15) is 0 Å². The maximum atomic E-state index is 11.6. The second kappa shape index (κ2) is 2.99. The Bertz CT molecular complexity index is 537. The van der Waals surface area contributed by atoms with Crippen molar-refractivity contribution < 1.29 is 5.11 Å². The molecular weight excluding hydrogens is 180 g/mol. The van der Waals surface area contributed by atoms with E-state index in [0.717, 1.165) is 16.6 Å². The van der Waals surface area contributed by atoms with Crippen molar-refractivity contribution in [2.45, 2.75) is 6.61 Å². The van der Waals surface area contributed by atoms with E-state index < -0.39 is 0 Å². The van der Waals surface area contributed by atoms with Crippen LogP contribution in [0, 0.1) is 0 Å². The Kier molecular flexibility index (Phi) is 1.93. The van der Waals surface area contributed by atoms with Gasteiger partial charge in [-0.05, 0) is 17.7 Å². The van der Waals surface area contributed by atoms with Gasteiger partial charge >= 0.3 is 5.69 Å². The van der Waals surface area contributed by atoms with E-state index in [1.54, 1.807) is 23.2 Å². The van der Waals surface area contributed by atoms with Crippen LogP contribution in [0.4, 0.5) is 0 Å². The highest BCUT2D eigenvalue weighted by atomic mass is 16.3. The molecule has 0 atom stereocenters. The maximum absolute atomic E-state index is 11.6. The molecule has 0 aliphatic carbocycles. The number of imidazole rings is 1. The minimum absolute atomic E-state index is 0.000967. The van der Waals surface area contributed by atoms with Crippen LogP contribution in [0.2, 0.25) is 0 Å². The molecule has 1 aromatic heterocycles. The van der Waals surface area contributed by atoms with Crippen LogP contribution in [-0.2, 0) is 20.7 Å². The lowest BCUT2D eigenvalue weighted by molar-refractivity contribution is 0.282. The summed E-state index contributed by atoms with van der Waals surface area (Å²) in [7, 11) is 3.47. The lowest BCUT2D eigenvalue weighted by Gasteiger charge is -1.97. The van der Waals surface area contributed by atoms with Crippen molar-refractivity contribution in [1.29, 1.82) is 0 Å². The molecule has 0 amide bonds. The first-order chi connectivity index (χ1) is 6.65. The molecule has 0 unspecified atom stereocenters. The molecule has 2 aromatic rings. The highest BCUT2D eigenvalue weighted by molar-refractivity contribution is 5.76. The Morgan fingerprint density at radius 3 is 2.50 bits per heavy atom. The van der Waals surface area contributed by atoms with Gasteiger partial charge in [0.1, 0.15) is 0 Å². The third kappa shape index (κ3) is 1.08. The third-order valence-electron chi connectivity index (χ3n) is 2.52. The fraction of sp³-hybridized carbons (Fsp3) is 0.300. The number of benzene rings is 1. The summed E-state index contributed by atoms with van der Waals surface area (Å²) in [5.74, 6) is 0.